The van der Waals surface area contributed by atoms with Gasteiger partial charge in [0, 0.05) is 5.56 Å². The van der Waals surface area contributed by atoms with Gasteiger partial charge in [-0.2, -0.15) is 0 Å². The standard InChI is InChI=1S/C16H24FNO2/c1-4-11-18-16(5-2,12-15(19)20-6-3)13-9-7-8-10-14(13)17/h7-10,18H,4-6,11-12H2,1-3H3. The maximum Gasteiger partial charge on any atom is 0.308 e. The summed E-state index contributed by atoms with van der Waals surface area (Å²) in [6.45, 7) is 6.83. The molecule has 1 unspecified atom stereocenters. The molecular formula is C16H24FNO2. The number of benzene rings is 1. The summed E-state index contributed by atoms with van der Waals surface area (Å²) in [5.74, 6) is -0.594. The van der Waals surface area contributed by atoms with Crippen LogP contribution in [0.3, 0.4) is 0 Å². The van der Waals surface area contributed by atoms with E-state index >= 15 is 0 Å². The van der Waals surface area contributed by atoms with E-state index in [4.69, 9.17) is 4.74 Å². The molecule has 0 fully saturated rings. The quantitative estimate of drug-likeness (QED) is 0.742. The number of halogens is 1. The molecule has 0 aromatic heterocycles. The molecule has 1 aromatic rings. The van der Waals surface area contributed by atoms with E-state index in [1.54, 1.807) is 25.1 Å². The second-order valence-electron chi connectivity index (χ2n) is 4.82. The number of carbonyl (C=O) groups excluding carboxylic acids is 1. The van der Waals surface area contributed by atoms with Crippen LogP contribution in [0, 0.1) is 5.82 Å². The Kier molecular flexibility index (Phi) is 6.65. The molecule has 0 aliphatic rings. The normalized spacial score (nSPS) is 13.8. The minimum atomic E-state index is -0.701. The zero-order chi connectivity index (χ0) is 15.0. The highest BCUT2D eigenvalue weighted by Crippen LogP contribution is 2.31. The van der Waals surface area contributed by atoms with Gasteiger partial charge in [-0.3, -0.25) is 4.79 Å². The van der Waals surface area contributed by atoms with Gasteiger partial charge < -0.3 is 10.1 Å². The fourth-order valence-corrected chi connectivity index (χ4v) is 2.37. The first-order valence-electron chi connectivity index (χ1n) is 7.25. The number of rotatable bonds is 8. The Bertz CT molecular complexity index is 436. The first-order chi connectivity index (χ1) is 9.59. The summed E-state index contributed by atoms with van der Waals surface area (Å²) in [5.41, 5.74) is -0.169. The summed E-state index contributed by atoms with van der Waals surface area (Å²) in [7, 11) is 0. The van der Waals surface area contributed by atoms with Crippen molar-refractivity contribution in [2.45, 2.75) is 45.6 Å². The molecule has 0 spiro atoms. The van der Waals surface area contributed by atoms with Crippen molar-refractivity contribution in [1.82, 2.24) is 5.32 Å². The van der Waals surface area contributed by atoms with Crippen molar-refractivity contribution >= 4 is 5.97 Å². The van der Waals surface area contributed by atoms with Gasteiger partial charge in [-0.25, -0.2) is 4.39 Å². The van der Waals surface area contributed by atoms with Crippen molar-refractivity contribution in [3.8, 4) is 0 Å². The van der Waals surface area contributed by atoms with Crippen molar-refractivity contribution in [3.05, 3.63) is 35.6 Å². The second kappa shape index (κ2) is 8.00. The number of hydrogen-bond donors (Lipinski definition) is 1. The molecule has 0 aliphatic carbocycles. The van der Waals surface area contributed by atoms with Crippen LogP contribution in [0.25, 0.3) is 0 Å². The minimum absolute atomic E-state index is 0.137. The molecule has 0 heterocycles. The lowest BCUT2D eigenvalue weighted by Crippen LogP contribution is -2.45. The summed E-state index contributed by atoms with van der Waals surface area (Å²) < 4.78 is 19.2. The molecule has 0 aliphatic heterocycles. The Hall–Kier alpha value is -1.42. The van der Waals surface area contributed by atoms with Crippen LogP contribution in [-0.4, -0.2) is 19.1 Å². The highest BCUT2D eigenvalue weighted by molar-refractivity contribution is 5.71. The predicted octanol–water partition coefficient (Wildman–Crippen LogP) is 3.38. The van der Waals surface area contributed by atoms with E-state index in [2.05, 4.69) is 5.32 Å². The third-order valence-electron chi connectivity index (χ3n) is 3.46. The van der Waals surface area contributed by atoms with Crippen LogP contribution in [-0.2, 0) is 15.1 Å². The molecule has 1 aromatic carbocycles. The Morgan fingerprint density at radius 1 is 1.30 bits per heavy atom. The van der Waals surface area contributed by atoms with E-state index in [0.717, 1.165) is 13.0 Å². The molecule has 4 heteroatoms. The van der Waals surface area contributed by atoms with Crippen molar-refractivity contribution in [3.63, 3.8) is 0 Å². The molecule has 0 radical (unpaired) electrons. The smallest absolute Gasteiger partial charge is 0.308 e. The van der Waals surface area contributed by atoms with Gasteiger partial charge in [-0.05, 0) is 32.4 Å². The van der Waals surface area contributed by atoms with Crippen LogP contribution in [0.4, 0.5) is 4.39 Å². The van der Waals surface area contributed by atoms with Gasteiger partial charge in [0.05, 0.1) is 18.6 Å². The molecule has 112 valence electrons. The highest BCUT2D eigenvalue weighted by Gasteiger charge is 2.35. The lowest BCUT2D eigenvalue weighted by Gasteiger charge is -2.34. The maximum atomic E-state index is 14.1. The van der Waals surface area contributed by atoms with Gasteiger partial charge in [-0.1, -0.05) is 32.0 Å². The zero-order valence-corrected chi connectivity index (χ0v) is 12.5. The molecular weight excluding hydrogens is 257 g/mol. The van der Waals surface area contributed by atoms with E-state index in [-0.39, 0.29) is 18.2 Å². The van der Waals surface area contributed by atoms with Crippen LogP contribution >= 0.6 is 0 Å². The molecule has 0 amide bonds. The fourth-order valence-electron chi connectivity index (χ4n) is 2.37. The third kappa shape index (κ3) is 4.04. The molecule has 1 rings (SSSR count). The van der Waals surface area contributed by atoms with Crippen molar-refractivity contribution in [2.24, 2.45) is 0 Å². The third-order valence-corrected chi connectivity index (χ3v) is 3.46. The Morgan fingerprint density at radius 2 is 2.00 bits per heavy atom. The van der Waals surface area contributed by atoms with Crippen LogP contribution < -0.4 is 5.32 Å². The lowest BCUT2D eigenvalue weighted by atomic mass is 9.83. The van der Waals surface area contributed by atoms with Gasteiger partial charge in [0.25, 0.3) is 0 Å². The van der Waals surface area contributed by atoms with E-state index in [1.165, 1.54) is 6.07 Å². The molecule has 3 nitrogen and oxygen atoms in total. The number of ether oxygens (including phenoxy) is 1. The average molecular weight is 281 g/mol. The fraction of sp³-hybridized carbons (Fsp3) is 0.562. The van der Waals surface area contributed by atoms with Gasteiger partial charge >= 0.3 is 5.97 Å². The first kappa shape index (κ1) is 16.6. The van der Waals surface area contributed by atoms with Crippen LogP contribution in [0.2, 0.25) is 0 Å². The highest BCUT2D eigenvalue weighted by atomic mass is 19.1. The topological polar surface area (TPSA) is 38.3 Å². The lowest BCUT2D eigenvalue weighted by molar-refractivity contribution is -0.145. The molecule has 1 N–H and O–H groups in total. The largest absolute Gasteiger partial charge is 0.466 e. The van der Waals surface area contributed by atoms with Crippen molar-refractivity contribution in [2.75, 3.05) is 13.2 Å². The first-order valence-corrected chi connectivity index (χ1v) is 7.25. The minimum Gasteiger partial charge on any atom is -0.466 e. The number of nitrogens with one attached hydrogen (secondary N) is 1. The second-order valence-corrected chi connectivity index (χ2v) is 4.82. The molecule has 0 saturated carbocycles. The molecule has 20 heavy (non-hydrogen) atoms. The van der Waals surface area contributed by atoms with Gasteiger partial charge in [0.2, 0.25) is 0 Å². The Labute approximate surface area is 120 Å². The number of carbonyl (C=O) groups is 1. The summed E-state index contributed by atoms with van der Waals surface area (Å²) >= 11 is 0. The zero-order valence-electron chi connectivity index (χ0n) is 12.5. The monoisotopic (exact) mass is 281 g/mol. The van der Waals surface area contributed by atoms with E-state index < -0.39 is 5.54 Å². The maximum absolute atomic E-state index is 14.1. The van der Waals surface area contributed by atoms with Crippen LogP contribution in [0.5, 0.6) is 0 Å². The van der Waals surface area contributed by atoms with Crippen LogP contribution in [0.1, 0.15) is 45.6 Å². The number of esters is 1. The van der Waals surface area contributed by atoms with Gasteiger partial charge in [0.1, 0.15) is 5.82 Å². The summed E-state index contributed by atoms with van der Waals surface area (Å²) in [4.78, 5) is 11.9. The molecule has 0 bridgehead atoms. The summed E-state index contributed by atoms with van der Waals surface area (Å²) in [6.07, 6.45) is 1.67. The van der Waals surface area contributed by atoms with Crippen LogP contribution in [0.15, 0.2) is 24.3 Å². The van der Waals surface area contributed by atoms with Gasteiger partial charge in [0.15, 0.2) is 0 Å². The van der Waals surface area contributed by atoms with E-state index in [9.17, 15) is 9.18 Å². The average Bonchev–Trinajstić information content (AvgIpc) is 2.44. The van der Waals surface area contributed by atoms with Crippen molar-refractivity contribution in [1.29, 1.82) is 0 Å². The Morgan fingerprint density at radius 3 is 2.55 bits per heavy atom. The Balaban J connectivity index is 3.10. The summed E-state index contributed by atoms with van der Waals surface area (Å²) in [6, 6.07) is 6.62. The number of hydrogen-bond acceptors (Lipinski definition) is 3. The summed E-state index contributed by atoms with van der Waals surface area (Å²) in [5, 5.41) is 3.34. The predicted molar refractivity (Wildman–Crippen MR) is 77.9 cm³/mol. The molecule has 0 saturated heterocycles. The van der Waals surface area contributed by atoms with Crippen molar-refractivity contribution < 1.29 is 13.9 Å². The molecule has 1 atom stereocenters. The van der Waals surface area contributed by atoms with E-state index in [1.807, 2.05) is 13.8 Å². The van der Waals surface area contributed by atoms with Gasteiger partial charge in [-0.15, -0.1) is 0 Å². The van der Waals surface area contributed by atoms with E-state index in [0.29, 0.717) is 18.6 Å². The SMILES string of the molecule is CCCNC(CC)(CC(=O)OCC)c1ccccc1F.